The molecule has 0 atom stereocenters. The van der Waals surface area contributed by atoms with E-state index in [0.717, 1.165) is 10.0 Å². The number of nitrogens with one attached hydrogen (secondary N) is 1. The number of amides is 1. The Kier molecular flexibility index (Phi) is 5.04. The van der Waals surface area contributed by atoms with E-state index < -0.39 is 11.9 Å². The molecule has 0 saturated heterocycles. The van der Waals surface area contributed by atoms with E-state index >= 15 is 0 Å². The Balaban J connectivity index is 1.60. The second-order valence-corrected chi connectivity index (χ2v) is 6.20. The van der Waals surface area contributed by atoms with Crippen molar-refractivity contribution in [2.24, 2.45) is 0 Å². The minimum absolute atomic E-state index is 0.318. The van der Waals surface area contributed by atoms with E-state index in [4.69, 9.17) is 4.74 Å². The molecule has 0 aliphatic rings. The number of carbonyl (C=O) groups is 2. The molecule has 0 unspecified atom stereocenters. The highest BCUT2D eigenvalue weighted by Gasteiger charge is 2.12. The molecule has 25 heavy (non-hydrogen) atoms. The fourth-order valence-corrected chi connectivity index (χ4v) is 2.55. The van der Waals surface area contributed by atoms with Crippen molar-refractivity contribution < 1.29 is 14.3 Å². The summed E-state index contributed by atoms with van der Waals surface area (Å²) < 4.78 is 5.94. The highest BCUT2D eigenvalue weighted by molar-refractivity contribution is 9.10. The van der Waals surface area contributed by atoms with Gasteiger partial charge >= 0.3 is 5.97 Å². The van der Waals surface area contributed by atoms with Crippen LogP contribution in [0.1, 0.15) is 15.9 Å². The van der Waals surface area contributed by atoms with Crippen molar-refractivity contribution in [1.82, 2.24) is 9.97 Å². The van der Waals surface area contributed by atoms with Crippen molar-refractivity contribution in [1.29, 1.82) is 0 Å². The summed E-state index contributed by atoms with van der Waals surface area (Å²) in [6.45, 7) is 1.58. The van der Waals surface area contributed by atoms with Gasteiger partial charge in [0.25, 0.3) is 5.91 Å². The van der Waals surface area contributed by atoms with E-state index in [-0.39, 0.29) is 6.61 Å². The quantitative estimate of drug-likeness (QED) is 0.678. The van der Waals surface area contributed by atoms with Crippen LogP contribution in [0.15, 0.2) is 53.3 Å². The van der Waals surface area contributed by atoms with Gasteiger partial charge in [-0.05, 0) is 42.8 Å². The van der Waals surface area contributed by atoms with Crippen LogP contribution in [0.5, 0.6) is 0 Å². The molecule has 3 aromatic rings. The molecule has 0 spiro atoms. The minimum Gasteiger partial charge on any atom is -0.452 e. The number of ether oxygens (including phenoxy) is 1. The average molecular weight is 400 g/mol. The van der Waals surface area contributed by atoms with Gasteiger partial charge in [0, 0.05) is 22.6 Å². The van der Waals surface area contributed by atoms with Crippen LogP contribution in [0, 0.1) is 6.92 Å². The molecule has 0 radical (unpaired) electrons. The lowest BCUT2D eigenvalue weighted by atomic mass is 10.2. The Labute approximate surface area is 152 Å². The molecule has 1 N–H and O–H groups in total. The summed E-state index contributed by atoms with van der Waals surface area (Å²) in [7, 11) is 0. The molecule has 0 saturated carbocycles. The lowest BCUT2D eigenvalue weighted by Gasteiger charge is -2.08. The maximum Gasteiger partial charge on any atom is 0.338 e. The smallest absolute Gasteiger partial charge is 0.338 e. The Hall–Kier alpha value is -2.80. The Morgan fingerprint density at radius 3 is 2.60 bits per heavy atom. The first-order valence-corrected chi connectivity index (χ1v) is 8.26. The zero-order chi connectivity index (χ0) is 17.8. The van der Waals surface area contributed by atoms with Gasteiger partial charge in [0.05, 0.1) is 16.6 Å². The van der Waals surface area contributed by atoms with E-state index in [9.17, 15) is 9.59 Å². The highest BCUT2D eigenvalue weighted by Crippen LogP contribution is 2.20. The number of esters is 1. The number of halogens is 1. The van der Waals surface area contributed by atoms with Crippen LogP contribution in [0.2, 0.25) is 0 Å². The first kappa shape index (κ1) is 17.0. The number of hydrogen-bond acceptors (Lipinski definition) is 5. The molecule has 6 nitrogen and oxygen atoms in total. The predicted molar refractivity (Wildman–Crippen MR) is 97.3 cm³/mol. The van der Waals surface area contributed by atoms with Gasteiger partial charge in [0.1, 0.15) is 0 Å². The molecular formula is C18H14BrN3O3. The molecule has 0 fully saturated rings. The van der Waals surface area contributed by atoms with E-state index in [2.05, 4.69) is 31.2 Å². The third kappa shape index (κ3) is 4.19. The molecule has 126 valence electrons. The van der Waals surface area contributed by atoms with Crippen LogP contribution < -0.4 is 5.32 Å². The fourth-order valence-electron chi connectivity index (χ4n) is 2.17. The topological polar surface area (TPSA) is 81.2 Å². The lowest BCUT2D eigenvalue weighted by Crippen LogP contribution is -2.21. The number of rotatable bonds is 4. The number of anilines is 1. The van der Waals surface area contributed by atoms with E-state index in [1.54, 1.807) is 42.7 Å². The van der Waals surface area contributed by atoms with Gasteiger partial charge in [-0.15, -0.1) is 0 Å². The van der Waals surface area contributed by atoms with E-state index in [1.807, 2.05) is 13.0 Å². The molecule has 2 aromatic carbocycles. The molecule has 1 heterocycles. The van der Waals surface area contributed by atoms with Crippen LogP contribution in [0.3, 0.4) is 0 Å². The monoisotopic (exact) mass is 399 g/mol. The zero-order valence-electron chi connectivity index (χ0n) is 13.3. The molecule has 0 aliphatic carbocycles. The first-order chi connectivity index (χ1) is 12.0. The minimum atomic E-state index is -0.590. The number of benzene rings is 2. The maximum atomic E-state index is 12.1. The second kappa shape index (κ2) is 7.40. The largest absolute Gasteiger partial charge is 0.452 e. The van der Waals surface area contributed by atoms with Crippen molar-refractivity contribution in [3.05, 3.63) is 64.4 Å². The molecule has 0 bridgehead atoms. The maximum absolute atomic E-state index is 12.1. The summed E-state index contributed by atoms with van der Waals surface area (Å²) in [5.74, 6) is -1.00. The third-order valence-corrected chi connectivity index (χ3v) is 4.35. The molecule has 0 aliphatic heterocycles. The van der Waals surface area contributed by atoms with Crippen molar-refractivity contribution in [3.8, 4) is 0 Å². The van der Waals surface area contributed by atoms with Crippen molar-refractivity contribution in [3.63, 3.8) is 0 Å². The summed E-state index contributed by atoms with van der Waals surface area (Å²) in [5, 5.41) is 2.68. The Bertz CT molecular complexity index is 959. The molecule has 3 rings (SSSR count). The predicted octanol–water partition coefficient (Wildman–Crippen LogP) is 3.50. The van der Waals surface area contributed by atoms with Gasteiger partial charge in [0.2, 0.25) is 0 Å². The van der Waals surface area contributed by atoms with Gasteiger partial charge in [0.15, 0.2) is 6.61 Å². The summed E-state index contributed by atoms with van der Waals surface area (Å²) >= 11 is 3.40. The Morgan fingerprint density at radius 1 is 1.08 bits per heavy atom. The average Bonchev–Trinajstić information content (AvgIpc) is 2.62. The number of aryl methyl sites for hydroxylation is 1. The first-order valence-electron chi connectivity index (χ1n) is 7.47. The van der Waals surface area contributed by atoms with Gasteiger partial charge in [-0.2, -0.15) is 0 Å². The van der Waals surface area contributed by atoms with Gasteiger partial charge in [-0.25, -0.2) is 4.79 Å². The third-order valence-electron chi connectivity index (χ3n) is 3.49. The zero-order valence-corrected chi connectivity index (χ0v) is 14.9. The van der Waals surface area contributed by atoms with Gasteiger partial charge in [-0.3, -0.25) is 14.8 Å². The second-order valence-electron chi connectivity index (χ2n) is 5.35. The molecule has 1 amide bonds. The number of nitrogens with zero attached hydrogens (tertiary/aromatic N) is 2. The number of hydrogen-bond donors (Lipinski definition) is 1. The van der Waals surface area contributed by atoms with Crippen LogP contribution in [0.4, 0.5) is 5.69 Å². The van der Waals surface area contributed by atoms with Crippen molar-refractivity contribution >= 4 is 44.5 Å². The van der Waals surface area contributed by atoms with E-state index in [0.29, 0.717) is 22.3 Å². The molecular weight excluding hydrogens is 386 g/mol. The summed E-state index contributed by atoms with van der Waals surface area (Å²) in [5.41, 5.74) is 3.27. The van der Waals surface area contributed by atoms with Crippen molar-refractivity contribution in [2.75, 3.05) is 11.9 Å². The summed E-state index contributed by atoms with van der Waals surface area (Å²) in [6, 6.07) is 10.3. The van der Waals surface area contributed by atoms with Gasteiger partial charge < -0.3 is 10.1 Å². The number of fused-ring (bicyclic) bond motifs is 1. The Morgan fingerprint density at radius 2 is 1.84 bits per heavy atom. The van der Waals surface area contributed by atoms with Gasteiger partial charge in [-0.1, -0.05) is 22.0 Å². The van der Waals surface area contributed by atoms with Crippen LogP contribution in [-0.2, 0) is 9.53 Å². The summed E-state index contributed by atoms with van der Waals surface area (Å²) in [6.07, 6.45) is 3.12. The number of carbonyl (C=O) groups excluding carboxylic acids is 2. The summed E-state index contributed by atoms with van der Waals surface area (Å²) in [4.78, 5) is 32.3. The van der Waals surface area contributed by atoms with Crippen LogP contribution in [-0.4, -0.2) is 28.5 Å². The normalized spacial score (nSPS) is 10.5. The SMILES string of the molecule is Cc1ccc(NC(=O)COC(=O)c2ccc3nccnc3c2)cc1Br. The van der Waals surface area contributed by atoms with Crippen LogP contribution in [0.25, 0.3) is 11.0 Å². The van der Waals surface area contributed by atoms with Crippen molar-refractivity contribution in [2.45, 2.75) is 6.92 Å². The molecule has 1 aromatic heterocycles. The molecule has 7 heteroatoms. The standard InChI is InChI=1S/C18H14BrN3O3/c1-11-2-4-13(9-14(11)19)22-17(23)10-25-18(24)12-3-5-15-16(8-12)21-7-6-20-15/h2-9H,10H2,1H3,(H,22,23). The highest BCUT2D eigenvalue weighted by atomic mass is 79.9. The number of aromatic nitrogens is 2. The van der Waals surface area contributed by atoms with Crippen LogP contribution >= 0.6 is 15.9 Å². The fraction of sp³-hybridized carbons (Fsp3) is 0.111. The lowest BCUT2D eigenvalue weighted by molar-refractivity contribution is -0.119. The van der Waals surface area contributed by atoms with E-state index in [1.165, 1.54) is 0 Å².